The van der Waals surface area contributed by atoms with E-state index >= 15 is 0 Å². The van der Waals surface area contributed by atoms with Crippen LogP contribution in [0.2, 0.25) is 0 Å². The van der Waals surface area contributed by atoms with Crippen molar-refractivity contribution in [2.75, 3.05) is 32.1 Å². The van der Waals surface area contributed by atoms with Gasteiger partial charge in [-0.2, -0.15) is 0 Å². The van der Waals surface area contributed by atoms with Crippen LogP contribution >= 0.6 is 0 Å². The molecule has 1 N–H and O–H groups in total. The zero-order chi connectivity index (χ0) is 20.4. The molecular formula is C25H28N2O2. The molecule has 0 aliphatic carbocycles. The molecule has 0 amide bonds. The number of fused-ring (bicyclic) bond motifs is 1. The minimum Gasteiger partial charge on any atom is -0.481 e. The number of likely N-dealkylation sites (tertiary alicyclic amines) is 1. The van der Waals surface area contributed by atoms with Crippen molar-refractivity contribution in [2.45, 2.75) is 18.9 Å². The van der Waals surface area contributed by atoms with Crippen molar-refractivity contribution in [1.29, 1.82) is 0 Å². The third-order valence-electron chi connectivity index (χ3n) is 6.09. The van der Waals surface area contributed by atoms with E-state index in [4.69, 9.17) is 0 Å². The van der Waals surface area contributed by atoms with Crippen LogP contribution < -0.4 is 4.90 Å². The van der Waals surface area contributed by atoms with E-state index in [1.165, 1.54) is 27.6 Å². The first kappa shape index (κ1) is 19.5. The molecule has 0 bridgehead atoms. The Morgan fingerprint density at radius 3 is 2.28 bits per heavy atom. The smallest absolute Gasteiger partial charge is 0.306 e. The Balaban J connectivity index is 1.76. The van der Waals surface area contributed by atoms with Crippen LogP contribution in [-0.2, 0) is 4.79 Å². The van der Waals surface area contributed by atoms with Crippen molar-refractivity contribution in [3.05, 3.63) is 77.9 Å². The number of hydrogen-bond donors (Lipinski definition) is 1. The lowest BCUT2D eigenvalue weighted by Crippen LogP contribution is -2.39. The third-order valence-corrected chi connectivity index (χ3v) is 6.09. The number of carbonyl (C=O) groups is 1. The molecule has 1 aliphatic heterocycles. The number of carboxylic acid groups (broad SMARTS) is 1. The first-order valence-electron chi connectivity index (χ1n) is 10.3. The topological polar surface area (TPSA) is 43.8 Å². The van der Waals surface area contributed by atoms with Gasteiger partial charge in [0.2, 0.25) is 0 Å². The molecule has 4 rings (SSSR count). The average Bonchev–Trinajstić information content (AvgIpc) is 2.75. The van der Waals surface area contributed by atoms with E-state index in [0.29, 0.717) is 12.8 Å². The summed E-state index contributed by atoms with van der Waals surface area (Å²) in [4.78, 5) is 16.0. The summed E-state index contributed by atoms with van der Waals surface area (Å²) in [7, 11) is 4.10. The zero-order valence-electron chi connectivity index (χ0n) is 17.1. The molecule has 1 aliphatic rings. The fourth-order valence-corrected chi connectivity index (χ4v) is 4.44. The monoisotopic (exact) mass is 388 g/mol. The van der Waals surface area contributed by atoms with Crippen molar-refractivity contribution in [3.63, 3.8) is 0 Å². The fraction of sp³-hybridized carbons (Fsp3) is 0.320. The van der Waals surface area contributed by atoms with Crippen LogP contribution in [0, 0.1) is 5.92 Å². The van der Waals surface area contributed by atoms with Gasteiger partial charge in [0, 0.05) is 19.8 Å². The van der Waals surface area contributed by atoms with Crippen molar-refractivity contribution < 1.29 is 9.90 Å². The van der Waals surface area contributed by atoms with Crippen LogP contribution in [0.5, 0.6) is 0 Å². The molecule has 1 atom stereocenters. The first-order valence-corrected chi connectivity index (χ1v) is 10.3. The molecule has 1 saturated heterocycles. The molecule has 1 fully saturated rings. The Labute approximate surface area is 172 Å². The summed E-state index contributed by atoms with van der Waals surface area (Å²) in [6.07, 6.45) is 1.40. The summed E-state index contributed by atoms with van der Waals surface area (Å²) in [5, 5.41) is 11.9. The van der Waals surface area contributed by atoms with E-state index < -0.39 is 5.97 Å². The van der Waals surface area contributed by atoms with E-state index in [0.717, 1.165) is 13.1 Å². The lowest BCUT2D eigenvalue weighted by atomic mass is 9.89. The van der Waals surface area contributed by atoms with Gasteiger partial charge in [0.05, 0.1) is 12.0 Å². The molecule has 3 aromatic rings. The van der Waals surface area contributed by atoms with Crippen molar-refractivity contribution >= 4 is 22.4 Å². The highest BCUT2D eigenvalue weighted by atomic mass is 16.4. The second-order valence-electron chi connectivity index (χ2n) is 8.11. The standard InChI is InChI=1S/C25H28N2O2/c1-26(2)21-12-10-19(11-13-21)24(27-16-14-20(15-17-27)25(28)29)23-9-5-7-18-6-3-4-8-22(18)23/h3-13,20,24H,14-17H2,1-2H3,(H,28,29). The van der Waals surface area contributed by atoms with E-state index in [-0.39, 0.29) is 12.0 Å². The maximum Gasteiger partial charge on any atom is 0.306 e. The molecule has 3 aromatic carbocycles. The molecule has 1 heterocycles. The quantitative estimate of drug-likeness (QED) is 0.682. The van der Waals surface area contributed by atoms with Gasteiger partial charge < -0.3 is 10.0 Å². The summed E-state index contributed by atoms with van der Waals surface area (Å²) < 4.78 is 0. The van der Waals surface area contributed by atoms with Gasteiger partial charge in [-0.3, -0.25) is 9.69 Å². The number of aliphatic carboxylic acids is 1. The zero-order valence-corrected chi connectivity index (χ0v) is 17.1. The second kappa shape index (κ2) is 8.26. The van der Waals surface area contributed by atoms with E-state index in [9.17, 15) is 9.90 Å². The van der Waals surface area contributed by atoms with Gasteiger partial charge in [-0.15, -0.1) is 0 Å². The molecule has 1 unspecified atom stereocenters. The van der Waals surface area contributed by atoms with Crippen LogP contribution in [0.25, 0.3) is 10.8 Å². The van der Waals surface area contributed by atoms with Gasteiger partial charge in [0.1, 0.15) is 0 Å². The summed E-state index contributed by atoms with van der Waals surface area (Å²) in [5.74, 6) is -0.891. The molecule has 29 heavy (non-hydrogen) atoms. The number of nitrogens with zero attached hydrogens (tertiary/aromatic N) is 2. The lowest BCUT2D eigenvalue weighted by molar-refractivity contribution is -0.143. The summed E-state index contributed by atoms with van der Waals surface area (Å²) in [5.41, 5.74) is 3.71. The predicted octanol–water partition coefficient (Wildman–Crippen LogP) is 4.79. The largest absolute Gasteiger partial charge is 0.481 e. The van der Waals surface area contributed by atoms with Gasteiger partial charge in [0.15, 0.2) is 0 Å². The Morgan fingerprint density at radius 2 is 1.62 bits per heavy atom. The molecular weight excluding hydrogens is 360 g/mol. The van der Waals surface area contributed by atoms with Gasteiger partial charge >= 0.3 is 5.97 Å². The number of anilines is 1. The van der Waals surface area contributed by atoms with E-state index in [1.807, 2.05) is 14.1 Å². The normalized spacial score (nSPS) is 16.6. The maximum absolute atomic E-state index is 11.4. The SMILES string of the molecule is CN(C)c1ccc(C(c2cccc3ccccc23)N2CCC(C(=O)O)CC2)cc1. The lowest BCUT2D eigenvalue weighted by Gasteiger charge is -2.37. The number of benzene rings is 3. The highest BCUT2D eigenvalue weighted by molar-refractivity contribution is 5.86. The van der Waals surface area contributed by atoms with Crippen LogP contribution in [0.3, 0.4) is 0 Å². The van der Waals surface area contributed by atoms with Gasteiger partial charge in [-0.1, -0.05) is 54.6 Å². The maximum atomic E-state index is 11.4. The minimum atomic E-state index is -0.665. The molecule has 4 heteroatoms. The predicted molar refractivity (Wildman–Crippen MR) is 118 cm³/mol. The van der Waals surface area contributed by atoms with Gasteiger partial charge in [0.25, 0.3) is 0 Å². The highest BCUT2D eigenvalue weighted by Crippen LogP contribution is 2.36. The Bertz CT molecular complexity index is 984. The van der Waals surface area contributed by atoms with E-state index in [2.05, 4.69) is 76.5 Å². The number of hydrogen-bond acceptors (Lipinski definition) is 3. The van der Waals surface area contributed by atoms with Crippen LogP contribution in [0.15, 0.2) is 66.7 Å². The molecule has 0 spiro atoms. The van der Waals surface area contributed by atoms with Crippen molar-refractivity contribution in [2.24, 2.45) is 5.92 Å². The first-order chi connectivity index (χ1) is 14.0. The average molecular weight is 389 g/mol. The van der Waals surface area contributed by atoms with Crippen molar-refractivity contribution in [3.8, 4) is 0 Å². The molecule has 0 aromatic heterocycles. The molecule has 0 radical (unpaired) electrons. The fourth-order valence-electron chi connectivity index (χ4n) is 4.44. The number of carboxylic acids is 1. The second-order valence-corrected chi connectivity index (χ2v) is 8.11. The van der Waals surface area contributed by atoms with Crippen molar-refractivity contribution in [1.82, 2.24) is 4.90 Å². The van der Waals surface area contributed by atoms with E-state index in [1.54, 1.807) is 0 Å². The summed E-state index contributed by atoms with van der Waals surface area (Å²) in [6.45, 7) is 1.58. The van der Waals surface area contributed by atoms with Crippen LogP contribution in [0.4, 0.5) is 5.69 Å². The van der Waals surface area contributed by atoms with Gasteiger partial charge in [-0.25, -0.2) is 0 Å². The minimum absolute atomic E-state index is 0.118. The molecule has 4 nitrogen and oxygen atoms in total. The highest BCUT2D eigenvalue weighted by Gasteiger charge is 2.30. The Hall–Kier alpha value is -2.85. The molecule has 150 valence electrons. The summed E-state index contributed by atoms with van der Waals surface area (Å²) >= 11 is 0. The van der Waals surface area contributed by atoms with Gasteiger partial charge in [-0.05, 0) is 60.0 Å². The third kappa shape index (κ3) is 3.99. The summed E-state index contributed by atoms with van der Waals surface area (Å²) in [6, 6.07) is 23.9. The van der Waals surface area contributed by atoms with Crippen LogP contribution in [-0.4, -0.2) is 43.2 Å². The Kier molecular flexibility index (Phi) is 5.54. The number of piperidine rings is 1. The molecule has 0 saturated carbocycles. The number of rotatable bonds is 5. The Morgan fingerprint density at radius 1 is 0.966 bits per heavy atom. The van der Waals surface area contributed by atoms with Crippen LogP contribution in [0.1, 0.15) is 30.0 Å².